The summed E-state index contributed by atoms with van der Waals surface area (Å²) in [6, 6.07) is 0. The molecule has 0 bridgehead atoms. The Morgan fingerprint density at radius 2 is 2.33 bits per heavy atom. The maximum atomic E-state index is 11.1. The van der Waals surface area contributed by atoms with Crippen LogP contribution in [-0.2, 0) is 16.1 Å². The summed E-state index contributed by atoms with van der Waals surface area (Å²) >= 11 is 0. The van der Waals surface area contributed by atoms with Gasteiger partial charge in [-0.1, -0.05) is 12.1 Å². The van der Waals surface area contributed by atoms with E-state index >= 15 is 0 Å². The standard InChI is InChI=1S/C10H16N2O3/c1-4-5-14-6-9-11-10(15-12-9)7(2)8(3)13/h7H,4-6H2,1-3H3. The Hall–Kier alpha value is -1.23. The van der Waals surface area contributed by atoms with Crippen LogP contribution in [0.4, 0.5) is 0 Å². The number of rotatable bonds is 6. The highest BCUT2D eigenvalue weighted by molar-refractivity contribution is 5.81. The van der Waals surface area contributed by atoms with Gasteiger partial charge in [0.1, 0.15) is 12.4 Å². The van der Waals surface area contributed by atoms with Gasteiger partial charge in [-0.25, -0.2) is 0 Å². The minimum Gasteiger partial charge on any atom is -0.373 e. The summed E-state index contributed by atoms with van der Waals surface area (Å²) in [7, 11) is 0. The third-order valence-electron chi connectivity index (χ3n) is 2.04. The zero-order chi connectivity index (χ0) is 11.3. The summed E-state index contributed by atoms with van der Waals surface area (Å²) in [4.78, 5) is 15.1. The van der Waals surface area contributed by atoms with Crippen LogP contribution in [-0.4, -0.2) is 22.5 Å². The van der Waals surface area contributed by atoms with E-state index in [9.17, 15) is 4.79 Å². The molecule has 0 aliphatic carbocycles. The number of hydrogen-bond donors (Lipinski definition) is 0. The first-order chi connectivity index (χ1) is 7.15. The number of nitrogens with zero attached hydrogens (tertiary/aromatic N) is 2. The van der Waals surface area contributed by atoms with Crippen molar-refractivity contribution >= 4 is 5.78 Å². The van der Waals surface area contributed by atoms with Crippen LogP contribution in [0.25, 0.3) is 0 Å². The van der Waals surface area contributed by atoms with Gasteiger partial charge in [-0.3, -0.25) is 4.79 Å². The molecule has 1 heterocycles. The smallest absolute Gasteiger partial charge is 0.237 e. The van der Waals surface area contributed by atoms with Crippen molar-refractivity contribution in [3.05, 3.63) is 11.7 Å². The minimum atomic E-state index is -0.336. The second-order valence-corrected chi connectivity index (χ2v) is 3.43. The second kappa shape index (κ2) is 5.60. The van der Waals surface area contributed by atoms with Gasteiger partial charge in [-0.2, -0.15) is 4.98 Å². The molecule has 0 aliphatic rings. The molecular formula is C10H16N2O3. The minimum absolute atomic E-state index is 0.0136. The average molecular weight is 212 g/mol. The second-order valence-electron chi connectivity index (χ2n) is 3.43. The van der Waals surface area contributed by atoms with Crippen LogP contribution in [0, 0.1) is 0 Å². The summed E-state index contributed by atoms with van der Waals surface area (Å²) in [6.45, 7) is 6.28. The van der Waals surface area contributed by atoms with Gasteiger partial charge in [-0.05, 0) is 20.3 Å². The van der Waals surface area contributed by atoms with E-state index in [1.54, 1.807) is 6.92 Å². The topological polar surface area (TPSA) is 65.2 Å². The molecule has 5 heteroatoms. The first-order valence-corrected chi connectivity index (χ1v) is 5.05. The Labute approximate surface area is 88.8 Å². The van der Waals surface area contributed by atoms with Gasteiger partial charge < -0.3 is 9.26 Å². The van der Waals surface area contributed by atoms with Crippen molar-refractivity contribution in [2.24, 2.45) is 0 Å². The number of hydrogen-bond acceptors (Lipinski definition) is 5. The largest absolute Gasteiger partial charge is 0.373 e. The van der Waals surface area contributed by atoms with Crippen molar-refractivity contribution in [3.63, 3.8) is 0 Å². The molecule has 0 aliphatic heterocycles. The Balaban J connectivity index is 2.52. The van der Waals surface area contributed by atoms with Gasteiger partial charge >= 0.3 is 0 Å². The molecular weight excluding hydrogens is 196 g/mol. The van der Waals surface area contributed by atoms with Gasteiger partial charge in [0.15, 0.2) is 5.82 Å². The lowest BCUT2D eigenvalue weighted by Crippen LogP contribution is -2.04. The molecule has 0 saturated carbocycles. The highest BCUT2D eigenvalue weighted by atomic mass is 16.5. The summed E-state index contributed by atoms with van der Waals surface area (Å²) in [5, 5.41) is 3.73. The summed E-state index contributed by atoms with van der Waals surface area (Å²) < 4.78 is 10.2. The lowest BCUT2D eigenvalue weighted by molar-refractivity contribution is -0.118. The number of aromatic nitrogens is 2. The zero-order valence-electron chi connectivity index (χ0n) is 9.32. The van der Waals surface area contributed by atoms with E-state index in [0.29, 0.717) is 24.9 Å². The van der Waals surface area contributed by atoms with Gasteiger partial charge in [0.2, 0.25) is 5.89 Å². The predicted molar refractivity (Wildman–Crippen MR) is 53.3 cm³/mol. The first-order valence-electron chi connectivity index (χ1n) is 5.05. The van der Waals surface area contributed by atoms with Gasteiger partial charge in [0.25, 0.3) is 0 Å². The highest BCUT2D eigenvalue weighted by Crippen LogP contribution is 2.13. The van der Waals surface area contributed by atoms with E-state index in [2.05, 4.69) is 10.1 Å². The zero-order valence-corrected chi connectivity index (χ0v) is 9.32. The highest BCUT2D eigenvalue weighted by Gasteiger charge is 2.17. The third kappa shape index (κ3) is 3.43. The van der Waals surface area contributed by atoms with Crippen LogP contribution >= 0.6 is 0 Å². The molecule has 0 saturated heterocycles. The van der Waals surface area contributed by atoms with Gasteiger partial charge in [-0.15, -0.1) is 0 Å². The molecule has 1 rings (SSSR count). The molecule has 1 aromatic heterocycles. The average Bonchev–Trinajstić information content (AvgIpc) is 2.65. The molecule has 5 nitrogen and oxygen atoms in total. The number of carbonyl (C=O) groups is 1. The van der Waals surface area contributed by atoms with Crippen molar-refractivity contribution in [2.75, 3.05) is 6.61 Å². The SMILES string of the molecule is CCCOCc1noc(C(C)C(C)=O)n1. The molecule has 0 fully saturated rings. The fraction of sp³-hybridized carbons (Fsp3) is 0.700. The molecule has 1 atom stereocenters. The fourth-order valence-electron chi connectivity index (χ4n) is 0.984. The van der Waals surface area contributed by atoms with Crippen molar-refractivity contribution in [2.45, 2.75) is 39.7 Å². The fourth-order valence-corrected chi connectivity index (χ4v) is 0.984. The molecule has 0 amide bonds. The van der Waals surface area contributed by atoms with Gasteiger partial charge in [0.05, 0.1) is 5.92 Å². The Morgan fingerprint density at radius 1 is 1.60 bits per heavy atom. The maximum Gasteiger partial charge on any atom is 0.237 e. The lowest BCUT2D eigenvalue weighted by Gasteiger charge is -1.98. The van der Waals surface area contributed by atoms with E-state index in [0.717, 1.165) is 6.42 Å². The normalized spacial score (nSPS) is 12.7. The molecule has 0 N–H and O–H groups in total. The van der Waals surface area contributed by atoms with Crippen LogP contribution in [0.5, 0.6) is 0 Å². The first kappa shape index (κ1) is 11.8. The van der Waals surface area contributed by atoms with E-state index in [1.165, 1.54) is 6.92 Å². The van der Waals surface area contributed by atoms with E-state index < -0.39 is 0 Å². The Kier molecular flexibility index (Phi) is 4.42. The molecule has 0 aromatic carbocycles. The maximum absolute atomic E-state index is 11.1. The van der Waals surface area contributed by atoms with Crippen LogP contribution in [0.15, 0.2) is 4.52 Å². The van der Waals surface area contributed by atoms with Crippen LogP contribution in [0.1, 0.15) is 44.8 Å². The van der Waals surface area contributed by atoms with Crippen molar-refractivity contribution < 1.29 is 14.1 Å². The van der Waals surface area contributed by atoms with Crippen molar-refractivity contribution in [1.82, 2.24) is 10.1 Å². The molecule has 0 spiro atoms. The Morgan fingerprint density at radius 3 is 2.93 bits per heavy atom. The van der Waals surface area contributed by atoms with Crippen LogP contribution in [0.3, 0.4) is 0 Å². The third-order valence-corrected chi connectivity index (χ3v) is 2.04. The van der Waals surface area contributed by atoms with Crippen molar-refractivity contribution in [1.29, 1.82) is 0 Å². The number of ketones is 1. The predicted octanol–water partition coefficient (Wildman–Crippen LogP) is 1.69. The molecule has 84 valence electrons. The summed E-state index contributed by atoms with van der Waals surface area (Å²) in [6.07, 6.45) is 0.953. The van der Waals surface area contributed by atoms with E-state index in [-0.39, 0.29) is 11.7 Å². The van der Waals surface area contributed by atoms with E-state index in [1.807, 2.05) is 6.92 Å². The molecule has 1 aromatic rings. The van der Waals surface area contributed by atoms with Crippen LogP contribution < -0.4 is 0 Å². The van der Waals surface area contributed by atoms with Crippen LogP contribution in [0.2, 0.25) is 0 Å². The quantitative estimate of drug-likeness (QED) is 0.671. The number of Topliss-reactive ketones (excluding diaryl/α,β-unsaturated/α-hetero) is 1. The summed E-state index contributed by atoms with van der Waals surface area (Å²) in [5.41, 5.74) is 0. The molecule has 0 radical (unpaired) electrons. The lowest BCUT2D eigenvalue weighted by atomic mass is 10.1. The number of ether oxygens (including phenoxy) is 1. The molecule has 15 heavy (non-hydrogen) atoms. The monoisotopic (exact) mass is 212 g/mol. The van der Waals surface area contributed by atoms with Gasteiger partial charge in [0, 0.05) is 6.61 Å². The van der Waals surface area contributed by atoms with E-state index in [4.69, 9.17) is 9.26 Å². The van der Waals surface area contributed by atoms with Crippen molar-refractivity contribution in [3.8, 4) is 0 Å². The number of carbonyl (C=O) groups excluding carboxylic acids is 1. The summed E-state index contributed by atoms with van der Waals surface area (Å²) in [5.74, 6) is 0.529. The Bertz CT molecular complexity index is 322. The molecule has 1 unspecified atom stereocenters.